The zero-order valence-electron chi connectivity index (χ0n) is 15.4. The van der Waals surface area contributed by atoms with Gasteiger partial charge in [-0.25, -0.2) is 8.42 Å². The van der Waals surface area contributed by atoms with Gasteiger partial charge in [-0.15, -0.1) is 0 Å². The highest BCUT2D eigenvalue weighted by molar-refractivity contribution is 9.10. The van der Waals surface area contributed by atoms with Crippen molar-refractivity contribution in [3.63, 3.8) is 0 Å². The molecule has 150 valence electrons. The van der Waals surface area contributed by atoms with Crippen molar-refractivity contribution in [1.29, 1.82) is 0 Å². The number of rotatable bonds is 5. The van der Waals surface area contributed by atoms with Crippen LogP contribution in [0.5, 0.6) is 0 Å². The van der Waals surface area contributed by atoms with E-state index in [0.717, 1.165) is 11.0 Å². The summed E-state index contributed by atoms with van der Waals surface area (Å²) in [5.74, 6) is -0.405. The monoisotopic (exact) mass is 485 g/mol. The van der Waals surface area contributed by atoms with E-state index in [0.29, 0.717) is 42.5 Å². The Morgan fingerprint density at radius 3 is 2.54 bits per heavy atom. The first-order valence-electron chi connectivity index (χ1n) is 8.90. The Morgan fingerprint density at radius 1 is 1.14 bits per heavy atom. The summed E-state index contributed by atoms with van der Waals surface area (Å²) >= 11 is 9.41. The van der Waals surface area contributed by atoms with Gasteiger partial charge in [0.25, 0.3) is 5.91 Å². The van der Waals surface area contributed by atoms with Crippen molar-refractivity contribution in [2.24, 2.45) is 0 Å². The zero-order chi connectivity index (χ0) is 20.3. The number of carbonyl (C=O) groups is 1. The number of hydrogen-bond acceptors (Lipinski definition) is 4. The molecule has 1 aliphatic heterocycles. The number of sulfonamides is 1. The molecule has 1 amide bonds. The Labute approximate surface area is 178 Å². The SMILES string of the molecule is CCN1CCN(S(=O)(=O)c2cccc(NC(=O)c3cc(Br)ccc3Cl)c2)CC1. The highest BCUT2D eigenvalue weighted by atomic mass is 79.9. The van der Waals surface area contributed by atoms with Gasteiger partial charge in [0, 0.05) is 36.3 Å². The molecule has 9 heteroatoms. The summed E-state index contributed by atoms with van der Waals surface area (Å²) in [5, 5.41) is 3.04. The quantitative estimate of drug-likeness (QED) is 0.700. The molecule has 2 aromatic rings. The fourth-order valence-corrected chi connectivity index (χ4v) is 5.07. The van der Waals surface area contributed by atoms with E-state index < -0.39 is 15.9 Å². The topological polar surface area (TPSA) is 69.7 Å². The van der Waals surface area contributed by atoms with Gasteiger partial charge in [0.2, 0.25) is 10.0 Å². The number of carbonyl (C=O) groups excluding carboxylic acids is 1. The minimum absolute atomic E-state index is 0.163. The van der Waals surface area contributed by atoms with Crippen LogP contribution < -0.4 is 5.32 Å². The molecule has 1 fully saturated rings. The van der Waals surface area contributed by atoms with Crippen molar-refractivity contribution in [3.05, 3.63) is 57.5 Å². The highest BCUT2D eigenvalue weighted by Gasteiger charge is 2.28. The molecule has 0 saturated carbocycles. The molecule has 1 aliphatic rings. The average molecular weight is 487 g/mol. The van der Waals surface area contributed by atoms with Crippen LogP contribution in [0.3, 0.4) is 0 Å². The van der Waals surface area contributed by atoms with E-state index in [1.54, 1.807) is 36.4 Å². The Morgan fingerprint density at radius 2 is 1.86 bits per heavy atom. The summed E-state index contributed by atoms with van der Waals surface area (Å²) in [6.07, 6.45) is 0. The summed E-state index contributed by atoms with van der Waals surface area (Å²) in [7, 11) is -3.61. The molecule has 0 bridgehead atoms. The Balaban J connectivity index is 1.78. The lowest BCUT2D eigenvalue weighted by molar-refractivity contribution is 0.102. The molecular formula is C19H21BrClN3O3S. The van der Waals surface area contributed by atoms with E-state index in [9.17, 15) is 13.2 Å². The van der Waals surface area contributed by atoms with Crippen molar-refractivity contribution in [2.75, 3.05) is 38.0 Å². The fraction of sp³-hybridized carbons (Fsp3) is 0.316. The molecule has 0 unspecified atom stereocenters. The van der Waals surface area contributed by atoms with Gasteiger partial charge in [-0.05, 0) is 42.9 Å². The van der Waals surface area contributed by atoms with Crippen LogP contribution in [0.25, 0.3) is 0 Å². The number of anilines is 1. The minimum Gasteiger partial charge on any atom is -0.322 e. The van der Waals surface area contributed by atoms with Crippen molar-refractivity contribution < 1.29 is 13.2 Å². The van der Waals surface area contributed by atoms with Gasteiger partial charge in [-0.1, -0.05) is 40.5 Å². The normalized spacial score (nSPS) is 16.1. The zero-order valence-corrected chi connectivity index (χ0v) is 18.5. The molecular weight excluding hydrogens is 466 g/mol. The smallest absolute Gasteiger partial charge is 0.257 e. The number of piperazine rings is 1. The van der Waals surface area contributed by atoms with Gasteiger partial charge in [0.15, 0.2) is 0 Å². The van der Waals surface area contributed by atoms with Crippen LogP contribution in [-0.4, -0.2) is 56.3 Å². The molecule has 1 N–H and O–H groups in total. The predicted octanol–water partition coefficient (Wildman–Crippen LogP) is 3.68. The number of benzene rings is 2. The van der Waals surface area contributed by atoms with Crippen LogP contribution in [0.15, 0.2) is 51.8 Å². The Kier molecular flexibility index (Phi) is 6.77. The standard InChI is InChI=1S/C19H21BrClN3O3S/c1-2-23-8-10-24(11-9-23)28(26,27)16-5-3-4-15(13-16)22-19(25)17-12-14(20)6-7-18(17)21/h3-7,12-13H,2,8-11H2,1H3,(H,22,25). The number of likely N-dealkylation sites (N-methyl/N-ethyl adjacent to an activating group) is 1. The van der Waals surface area contributed by atoms with Crippen molar-refractivity contribution in [3.8, 4) is 0 Å². The predicted molar refractivity (Wildman–Crippen MR) is 114 cm³/mol. The molecule has 0 aliphatic carbocycles. The molecule has 28 heavy (non-hydrogen) atoms. The van der Waals surface area contributed by atoms with E-state index in [1.807, 2.05) is 0 Å². The maximum absolute atomic E-state index is 13.0. The van der Waals surface area contributed by atoms with E-state index in [4.69, 9.17) is 11.6 Å². The van der Waals surface area contributed by atoms with Crippen molar-refractivity contribution in [1.82, 2.24) is 9.21 Å². The first kappa shape index (κ1) is 21.3. The van der Waals surface area contributed by atoms with Gasteiger partial charge in [-0.3, -0.25) is 4.79 Å². The second-order valence-corrected chi connectivity index (χ2v) is 9.71. The van der Waals surface area contributed by atoms with Gasteiger partial charge in [-0.2, -0.15) is 4.31 Å². The van der Waals surface area contributed by atoms with Gasteiger partial charge in [0.05, 0.1) is 15.5 Å². The third-order valence-electron chi connectivity index (χ3n) is 4.68. The second-order valence-electron chi connectivity index (χ2n) is 6.44. The number of nitrogens with one attached hydrogen (secondary N) is 1. The molecule has 0 aromatic heterocycles. The van der Waals surface area contributed by atoms with E-state index in [-0.39, 0.29) is 4.90 Å². The highest BCUT2D eigenvalue weighted by Crippen LogP contribution is 2.24. The Bertz CT molecular complexity index is 976. The lowest BCUT2D eigenvalue weighted by Gasteiger charge is -2.33. The lowest BCUT2D eigenvalue weighted by atomic mass is 10.2. The molecule has 6 nitrogen and oxygen atoms in total. The minimum atomic E-state index is -3.61. The molecule has 1 saturated heterocycles. The first-order valence-corrected chi connectivity index (χ1v) is 11.5. The molecule has 3 rings (SSSR count). The van der Waals surface area contributed by atoms with Crippen LogP contribution in [0, 0.1) is 0 Å². The summed E-state index contributed by atoms with van der Waals surface area (Å²) in [5.41, 5.74) is 0.703. The van der Waals surface area contributed by atoms with Crippen molar-refractivity contribution in [2.45, 2.75) is 11.8 Å². The van der Waals surface area contributed by atoms with Crippen LogP contribution in [0.2, 0.25) is 5.02 Å². The summed E-state index contributed by atoms with van der Waals surface area (Å²) in [6.45, 7) is 5.32. The maximum Gasteiger partial charge on any atom is 0.257 e. The van der Waals surface area contributed by atoms with Crippen LogP contribution in [0.4, 0.5) is 5.69 Å². The van der Waals surface area contributed by atoms with E-state index >= 15 is 0 Å². The molecule has 1 heterocycles. The van der Waals surface area contributed by atoms with Crippen molar-refractivity contribution >= 4 is 49.1 Å². The second kappa shape index (κ2) is 8.92. The van der Waals surface area contributed by atoms with Crippen LogP contribution in [-0.2, 0) is 10.0 Å². The Hall–Kier alpha value is -1.45. The number of hydrogen-bond donors (Lipinski definition) is 1. The lowest BCUT2D eigenvalue weighted by Crippen LogP contribution is -2.48. The average Bonchev–Trinajstić information content (AvgIpc) is 2.70. The van der Waals surface area contributed by atoms with Gasteiger partial charge >= 0.3 is 0 Å². The van der Waals surface area contributed by atoms with E-state index in [2.05, 4.69) is 33.1 Å². The third kappa shape index (κ3) is 4.75. The molecule has 0 radical (unpaired) electrons. The van der Waals surface area contributed by atoms with Crippen LogP contribution in [0.1, 0.15) is 17.3 Å². The van der Waals surface area contributed by atoms with Crippen LogP contribution >= 0.6 is 27.5 Å². The third-order valence-corrected chi connectivity index (χ3v) is 7.40. The van der Waals surface area contributed by atoms with Gasteiger partial charge in [0.1, 0.15) is 0 Å². The number of halogens is 2. The molecule has 0 atom stereocenters. The van der Waals surface area contributed by atoms with E-state index in [1.165, 1.54) is 10.4 Å². The largest absolute Gasteiger partial charge is 0.322 e. The molecule has 0 spiro atoms. The first-order chi connectivity index (χ1) is 13.3. The summed E-state index contributed by atoms with van der Waals surface area (Å²) < 4.78 is 28.1. The van der Waals surface area contributed by atoms with Gasteiger partial charge < -0.3 is 10.2 Å². The number of nitrogens with zero attached hydrogens (tertiary/aromatic N) is 2. The molecule has 2 aromatic carbocycles. The number of amides is 1. The summed E-state index contributed by atoms with van der Waals surface area (Å²) in [6, 6.07) is 11.3. The maximum atomic E-state index is 13.0. The summed E-state index contributed by atoms with van der Waals surface area (Å²) in [4.78, 5) is 14.9. The fourth-order valence-electron chi connectivity index (χ4n) is 3.04.